The highest BCUT2D eigenvalue weighted by Crippen LogP contribution is 2.39. The average Bonchev–Trinajstić information content (AvgIpc) is 3.69. The lowest BCUT2D eigenvalue weighted by Crippen LogP contribution is -2.43. The van der Waals surface area contributed by atoms with Crippen molar-refractivity contribution in [1.82, 2.24) is 24.6 Å². The molecule has 2 aliphatic rings. The fourth-order valence-electron chi connectivity index (χ4n) is 5.52. The highest BCUT2D eigenvalue weighted by Gasteiger charge is 2.30. The Labute approximate surface area is 231 Å². The Bertz CT molecular complexity index is 1420. The lowest BCUT2D eigenvalue weighted by molar-refractivity contribution is -0.140. The van der Waals surface area contributed by atoms with Gasteiger partial charge in [-0.25, -0.2) is 9.67 Å². The predicted octanol–water partition coefficient (Wildman–Crippen LogP) is 6.02. The first kappa shape index (κ1) is 27.0. The van der Waals surface area contributed by atoms with Gasteiger partial charge in [-0.3, -0.25) is 14.6 Å². The van der Waals surface area contributed by atoms with E-state index in [-0.39, 0.29) is 29.6 Å². The van der Waals surface area contributed by atoms with Gasteiger partial charge < -0.3 is 4.90 Å². The lowest BCUT2D eigenvalue weighted by atomic mass is 9.88. The van der Waals surface area contributed by atoms with Crippen LogP contribution in [0.5, 0.6) is 0 Å². The zero-order valence-electron chi connectivity index (χ0n) is 24.0. The highest BCUT2D eigenvalue weighted by atomic mass is 16.2. The van der Waals surface area contributed by atoms with Gasteiger partial charge in [-0.2, -0.15) is 5.10 Å². The first-order chi connectivity index (χ1) is 18.5. The number of Topliss-reactive ketones (excluding diaryl/α,β-unsaturated/α-hetero) is 1. The van der Waals surface area contributed by atoms with Gasteiger partial charge in [-0.05, 0) is 80.2 Å². The van der Waals surface area contributed by atoms with Crippen molar-refractivity contribution in [3.63, 3.8) is 0 Å². The Kier molecular flexibility index (Phi) is 7.27. The normalized spacial score (nSPS) is 17.6. The number of pyridine rings is 2. The molecule has 5 rings (SSSR count). The summed E-state index contributed by atoms with van der Waals surface area (Å²) in [6.45, 7) is 9.87. The van der Waals surface area contributed by atoms with E-state index >= 15 is 0 Å². The molecule has 0 aromatic carbocycles. The number of allylic oxidation sites excluding steroid dienone is 1. The van der Waals surface area contributed by atoms with Crippen molar-refractivity contribution in [2.75, 3.05) is 7.05 Å². The van der Waals surface area contributed by atoms with Gasteiger partial charge in [-0.1, -0.05) is 39.0 Å². The van der Waals surface area contributed by atoms with Crippen LogP contribution in [0.2, 0.25) is 0 Å². The molecule has 0 N–H and O–H groups in total. The minimum atomic E-state index is -0.376. The molecule has 39 heavy (non-hydrogen) atoms. The molecule has 7 nitrogen and oxygen atoms in total. The highest BCUT2D eigenvalue weighted by molar-refractivity contribution is 5.98. The minimum absolute atomic E-state index is 0.0218. The van der Waals surface area contributed by atoms with E-state index in [9.17, 15) is 9.59 Å². The molecule has 7 heteroatoms. The van der Waals surface area contributed by atoms with E-state index < -0.39 is 0 Å². The number of hydrogen-bond donors (Lipinski definition) is 0. The van der Waals surface area contributed by atoms with Gasteiger partial charge in [0.05, 0.1) is 23.1 Å². The molecule has 1 amide bonds. The SMILES string of the molecule is Cc1cc(CC(=O)c2cnn(-c3ccc(C4CC4)cn3)c2C)cnc1C1=CCC(N(C)C(=O)C(C)(C)C)CC1. The van der Waals surface area contributed by atoms with E-state index in [0.717, 1.165) is 47.6 Å². The number of aromatic nitrogens is 4. The molecule has 1 saturated carbocycles. The van der Waals surface area contributed by atoms with Crippen LogP contribution < -0.4 is 0 Å². The van der Waals surface area contributed by atoms with Crippen LogP contribution in [0.4, 0.5) is 0 Å². The van der Waals surface area contributed by atoms with Gasteiger partial charge in [-0.15, -0.1) is 0 Å². The number of carbonyl (C=O) groups excluding carboxylic acids is 2. The number of hydrogen-bond acceptors (Lipinski definition) is 5. The summed E-state index contributed by atoms with van der Waals surface area (Å²) >= 11 is 0. The molecular weight excluding hydrogens is 486 g/mol. The standard InChI is InChI=1S/C32H39N5O2/c1-20-15-22(17-34-30(20)24-9-12-26(13-10-24)36(6)31(39)32(3,4)5)16-28(38)27-19-35-37(21(27)2)29-14-11-25(18-33-29)23-7-8-23/h9,11,14-15,17-19,23,26H,7-8,10,12-13,16H2,1-6H3. The summed E-state index contributed by atoms with van der Waals surface area (Å²) in [7, 11) is 1.92. The Morgan fingerprint density at radius 3 is 2.41 bits per heavy atom. The molecule has 0 radical (unpaired) electrons. The zero-order chi connectivity index (χ0) is 27.9. The Balaban J connectivity index is 1.24. The molecule has 1 atom stereocenters. The van der Waals surface area contributed by atoms with Crippen LogP contribution in [0, 0.1) is 19.3 Å². The Morgan fingerprint density at radius 1 is 1.05 bits per heavy atom. The van der Waals surface area contributed by atoms with Gasteiger partial charge in [0.2, 0.25) is 5.91 Å². The van der Waals surface area contributed by atoms with Crippen molar-refractivity contribution in [3.8, 4) is 5.82 Å². The summed E-state index contributed by atoms with van der Waals surface area (Å²) < 4.78 is 1.74. The number of nitrogens with zero attached hydrogens (tertiary/aromatic N) is 5. The molecule has 0 spiro atoms. The monoisotopic (exact) mass is 525 g/mol. The van der Waals surface area contributed by atoms with Crippen LogP contribution in [0.1, 0.15) is 97.2 Å². The van der Waals surface area contributed by atoms with Crippen LogP contribution in [-0.4, -0.2) is 49.4 Å². The van der Waals surface area contributed by atoms with E-state index in [2.05, 4.69) is 35.2 Å². The van der Waals surface area contributed by atoms with E-state index in [1.807, 2.05) is 58.1 Å². The van der Waals surface area contributed by atoms with Crippen LogP contribution in [0.25, 0.3) is 11.4 Å². The molecule has 0 aliphatic heterocycles. The molecule has 3 aromatic rings. The van der Waals surface area contributed by atoms with Gasteiger partial charge in [0.25, 0.3) is 0 Å². The maximum Gasteiger partial charge on any atom is 0.227 e. The minimum Gasteiger partial charge on any atom is -0.342 e. The lowest BCUT2D eigenvalue weighted by Gasteiger charge is -2.35. The molecule has 0 saturated heterocycles. The molecule has 204 valence electrons. The number of carbonyl (C=O) groups is 2. The molecular formula is C32H39N5O2. The predicted molar refractivity (Wildman–Crippen MR) is 153 cm³/mol. The van der Waals surface area contributed by atoms with E-state index in [0.29, 0.717) is 11.5 Å². The fraction of sp³-hybridized carbons (Fsp3) is 0.469. The summed E-state index contributed by atoms with van der Waals surface area (Å²) in [4.78, 5) is 37.1. The maximum atomic E-state index is 13.2. The number of aryl methyl sites for hydroxylation is 1. The smallest absolute Gasteiger partial charge is 0.227 e. The quantitative estimate of drug-likeness (QED) is 0.352. The largest absolute Gasteiger partial charge is 0.342 e. The number of amides is 1. The molecule has 1 fully saturated rings. The van der Waals surface area contributed by atoms with Crippen molar-refractivity contribution in [3.05, 3.63) is 76.5 Å². The van der Waals surface area contributed by atoms with E-state index in [1.54, 1.807) is 10.9 Å². The van der Waals surface area contributed by atoms with E-state index in [1.165, 1.54) is 24.0 Å². The van der Waals surface area contributed by atoms with Crippen molar-refractivity contribution >= 4 is 17.3 Å². The zero-order valence-corrected chi connectivity index (χ0v) is 24.0. The molecule has 3 aromatic heterocycles. The molecule has 2 aliphatic carbocycles. The van der Waals surface area contributed by atoms with Gasteiger partial charge in [0, 0.05) is 37.3 Å². The summed E-state index contributed by atoms with van der Waals surface area (Å²) in [5, 5.41) is 4.46. The number of rotatable bonds is 7. The third kappa shape index (κ3) is 5.72. The van der Waals surface area contributed by atoms with Crippen LogP contribution in [-0.2, 0) is 11.2 Å². The third-order valence-electron chi connectivity index (χ3n) is 8.04. The van der Waals surface area contributed by atoms with Crippen molar-refractivity contribution < 1.29 is 9.59 Å². The van der Waals surface area contributed by atoms with Crippen molar-refractivity contribution in [2.45, 2.75) is 85.1 Å². The second-order valence-corrected chi connectivity index (χ2v) is 12.2. The van der Waals surface area contributed by atoms with E-state index in [4.69, 9.17) is 4.98 Å². The second kappa shape index (κ2) is 10.5. The van der Waals surface area contributed by atoms with Crippen molar-refractivity contribution in [2.24, 2.45) is 5.41 Å². The summed E-state index contributed by atoms with van der Waals surface area (Å²) in [5.41, 5.74) is 6.47. The third-order valence-corrected chi connectivity index (χ3v) is 8.04. The molecule has 3 heterocycles. The van der Waals surface area contributed by atoms with Gasteiger partial charge in [0.15, 0.2) is 11.6 Å². The fourth-order valence-corrected chi connectivity index (χ4v) is 5.52. The Morgan fingerprint density at radius 2 is 1.82 bits per heavy atom. The topological polar surface area (TPSA) is 81.0 Å². The average molecular weight is 526 g/mol. The maximum absolute atomic E-state index is 13.2. The first-order valence-corrected chi connectivity index (χ1v) is 14.0. The van der Waals surface area contributed by atoms with Crippen LogP contribution >= 0.6 is 0 Å². The summed E-state index contributed by atoms with van der Waals surface area (Å²) in [6.07, 6.45) is 13.0. The van der Waals surface area contributed by atoms with Crippen molar-refractivity contribution in [1.29, 1.82) is 0 Å². The molecule has 1 unspecified atom stereocenters. The summed E-state index contributed by atoms with van der Waals surface area (Å²) in [6, 6.07) is 6.38. The number of ketones is 1. The van der Waals surface area contributed by atoms with Gasteiger partial charge >= 0.3 is 0 Å². The second-order valence-electron chi connectivity index (χ2n) is 12.2. The van der Waals surface area contributed by atoms with Crippen LogP contribution in [0.15, 0.2) is 42.9 Å². The summed E-state index contributed by atoms with van der Waals surface area (Å²) in [5.74, 6) is 1.59. The Hall–Kier alpha value is -3.61. The molecule has 0 bridgehead atoms. The van der Waals surface area contributed by atoms with Gasteiger partial charge in [0.1, 0.15) is 0 Å². The first-order valence-electron chi connectivity index (χ1n) is 14.0. The van der Waals surface area contributed by atoms with Crippen LogP contribution in [0.3, 0.4) is 0 Å².